The molecule has 0 radical (unpaired) electrons. The Hall–Kier alpha value is -1.55. The molecular weight excluding hydrogens is 743 g/mol. The van der Waals surface area contributed by atoms with Gasteiger partial charge in [-0.25, -0.2) is 4.57 Å². The summed E-state index contributed by atoms with van der Waals surface area (Å²) in [6.07, 6.45) is 43.0. The van der Waals surface area contributed by atoms with Crippen molar-refractivity contribution < 1.29 is 47.8 Å². The van der Waals surface area contributed by atoms with Crippen molar-refractivity contribution in [3.05, 3.63) is 24.3 Å². The summed E-state index contributed by atoms with van der Waals surface area (Å²) in [4.78, 5) is 34.5. The second-order valence-electron chi connectivity index (χ2n) is 15.7. The highest BCUT2D eigenvalue weighted by atomic mass is 31.2. The molecule has 0 aromatic carbocycles. The van der Waals surface area contributed by atoms with Gasteiger partial charge in [-0.3, -0.25) is 18.6 Å². The zero-order valence-corrected chi connectivity index (χ0v) is 37.5. The minimum Gasteiger partial charge on any atom is -0.457 e. The first-order valence-electron chi connectivity index (χ1n) is 23.3. The molecule has 3 unspecified atom stereocenters. The molecule has 0 saturated carbocycles. The molecule has 0 fully saturated rings. The summed E-state index contributed by atoms with van der Waals surface area (Å²) in [5.41, 5.74) is 0. The van der Waals surface area contributed by atoms with E-state index < -0.39 is 58.4 Å². The zero-order chi connectivity index (χ0) is 41.9. The topological polar surface area (TPSA) is 149 Å². The summed E-state index contributed by atoms with van der Waals surface area (Å²) in [6, 6.07) is 0. The number of carbonyl (C=O) groups excluding carboxylic acids is 2. The number of carbonyl (C=O) groups is 2. The van der Waals surface area contributed by atoms with Gasteiger partial charge in [0.25, 0.3) is 0 Å². The molecule has 0 aliphatic carbocycles. The van der Waals surface area contributed by atoms with Crippen molar-refractivity contribution in [3.63, 3.8) is 0 Å². The number of rotatable bonds is 44. The first kappa shape index (κ1) is 55.5. The van der Waals surface area contributed by atoms with Crippen LogP contribution in [0.3, 0.4) is 0 Å². The number of hydrogen-bond acceptors (Lipinski definition) is 9. The molecule has 57 heavy (non-hydrogen) atoms. The Morgan fingerprint density at radius 3 is 1.16 bits per heavy atom. The highest BCUT2D eigenvalue weighted by Gasteiger charge is 2.27. The number of ether oxygens (including phenoxy) is 2. The average Bonchev–Trinajstić information content (AvgIpc) is 3.20. The monoisotopic (exact) mass is 831 g/mol. The number of hydrogen-bond donors (Lipinski definition) is 3. The van der Waals surface area contributed by atoms with Crippen LogP contribution >= 0.6 is 7.82 Å². The number of phosphoric acid groups is 1. The van der Waals surface area contributed by atoms with Crippen molar-refractivity contribution in [1.82, 2.24) is 0 Å². The van der Waals surface area contributed by atoms with E-state index in [9.17, 15) is 29.3 Å². The molecule has 0 aliphatic heterocycles. The lowest BCUT2D eigenvalue weighted by Gasteiger charge is -2.20. The zero-order valence-electron chi connectivity index (χ0n) is 36.6. The molecule has 3 atom stereocenters. The lowest BCUT2D eigenvalue weighted by atomic mass is 10.0. The first-order valence-corrected chi connectivity index (χ1v) is 24.8. The Morgan fingerprint density at radius 1 is 0.474 bits per heavy atom. The SMILES string of the molecule is CCC/C=C\C/C=C\CCCCCCCC(=O)OC(CO)COP(=O)(O)OCC(CO)OC(=O)CCCCCCCCCCCCCCCCCCCCCCC. The molecule has 336 valence electrons. The molecule has 3 N–H and O–H groups in total. The molecule has 0 aliphatic rings. The van der Waals surface area contributed by atoms with Crippen molar-refractivity contribution in [3.8, 4) is 0 Å². The maximum Gasteiger partial charge on any atom is 0.472 e. The van der Waals surface area contributed by atoms with Gasteiger partial charge in [-0.1, -0.05) is 192 Å². The van der Waals surface area contributed by atoms with Crippen LogP contribution in [0.4, 0.5) is 0 Å². The molecule has 0 aromatic heterocycles. The fourth-order valence-electron chi connectivity index (χ4n) is 6.57. The van der Waals surface area contributed by atoms with Gasteiger partial charge >= 0.3 is 19.8 Å². The molecule has 10 nitrogen and oxygen atoms in total. The molecule has 0 saturated heterocycles. The van der Waals surface area contributed by atoms with E-state index in [1.54, 1.807) is 0 Å². The molecule has 0 amide bonds. The van der Waals surface area contributed by atoms with Gasteiger partial charge in [-0.15, -0.1) is 0 Å². The quantitative estimate of drug-likeness (QED) is 0.0234. The van der Waals surface area contributed by atoms with Gasteiger partial charge in [0.15, 0.2) is 0 Å². The van der Waals surface area contributed by atoms with Crippen molar-refractivity contribution in [2.45, 2.75) is 232 Å². The first-order chi connectivity index (χ1) is 27.8. The number of aliphatic hydroxyl groups excluding tert-OH is 2. The normalized spacial score (nSPS) is 14.0. The fourth-order valence-corrected chi connectivity index (χ4v) is 7.35. The van der Waals surface area contributed by atoms with Crippen LogP contribution in [0.15, 0.2) is 24.3 Å². The Kier molecular flexibility index (Phi) is 41.4. The summed E-state index contributed by atoms with van der Waals surface area (Å²) >= 11 is 0. The minimum absolute atomic E-state index is 0.177. The van der Waals surface area contributed by atoms with Crippen LogP contribution < -0.4 is 0 Å². The van der Waals surface area contributed by atoms with Gasteiger partial charge in [-0.2, -0.15) is 0 Å². The van der Waals surface area contributed by atoms with E-state index in [1.165, 1.54) is 116 Å². The summed E-state index contributed by atoms with van der Waals surface area (Å²) in [5.74, 6) is -1.03. The number of unbranched alkanes of at least 4 members (excludes halogenated alkanes) is 26. The van der Waals surface area contributed by atoms with Gasteiger partial charge in [0, 0.05) is 12.8 Å². The molecular formula is C46H87O10P. The van der Waals surface area contributed by atoms with Crippen molar-refractivity contribution in [2.75, 3.05) is 26.4 Å². The summed E-state index contributed by atoms with van der Waals surface area (Å²) in [7, 11) is -4.64. The number of aliphatic hydroxyl groups is 2. The molecule has 0 heterocycles. The Morgan fingerprint density at radius 2 is 0.807 bits per heavy atom. The summed E-state index contributed by atoms with van der Waals surface area (Å²) < 4.78 is 32.6. The summed E-state index contributed by atoms with van der Waals surface area (Å²) in [6.45, 7) is 2.16. The minimum atomic E-state index is -4.64. The molecule has 11 heteroatoms. The Labute approximate surface area is 348 Å². The predicted molar refractivity (Wildman–Crippen MR) is 233 cm³/mol. The van der Waals surface area contributed by atoms with E-state index in [4.69, 9.17) is 18.5 Å². The standard InChI is InChI=1S/C46H87O10P/c1-3-5-7-9-11-13-15-17-18-19-20-21-22-23-24-26-28-30-32-34-36-38-46(50)56-44(40-48)42-54-57(51,52)53-41-43(39-47)55-45(49)37-35-33-31-29-27-25-16-14-12-10-8-6-4-2/h8,10,14,16,43-44,47-48H,3-7,9,11-13,15,17-42H2,1-2H3,(H,51,52)/b10-8-,16-14-. The van der Waals surface area contributed by atoms with Crippen LogP contribution in [-0.2, 0) is 32.7 Å². The van der Waals surface area contributed by atoms with Gasteiger partial charge in [0.05, 0.1) is 26.4 Å². The van der Waals surface area contributed by atoms with Gasteiger partial charge in [0.1, 0.15) is 12.2 Å². The highest BCUT2D eigenvalue weighted by Crippen LogP contribution is 2.43. The van der Waals surface area contributed by atoms with Crippen LogP contribution in [0.25, 0.3) is 0 Å². The van der Waals surface area contributed by atoms with Crippen molar-refractivity contribution in [2.24, 2.45) is 0 Å². The van der Waals surface area contributed by atoms with E-state index >= 15 is 0 Å². The third-order valence-corrected chi connectivity index (χ3v) is 11.1. The molecule has 0 rings (SSSR count). The third-order valence-electron chi connectivity index (χ3n) is 10.1. The number of allylic oxidation sites excluding steroid dienone is 4. The van der Waals surface area contributed by atoms with Crippen molar-refractivity contribution in [1.29, 1.82) is 0 Å². The maximum absolute atomic E-state index is 12.4. The highest BCUT2D eigenvalue weighted by molar-refractivity contribution is 7.47. The average molecular weight is 831 g/mol. The van der Waals surface area contributed by atoms with Crippen LogP contribution in [0.2, 0.25) is 0 Å². The summed E-state index contributed by atoms with van der Waals surface area (Å²) in [5, 5.41) is 19.2. The van der Waals surface area contributed by atoms with E-state index in [2.05, 4.69) is 38.2 Å². The predicted octanol–water partition coefficient (Wildman–Crippen LogP) is 12.6. The van der Waals surface area contributed by atoms with E-state index in [0.717, 1.165) is 64.2 Å². The second kappa shape index (κ2) is 42.6. The van der Waals surface area contributed by atoms with Gasteiger partial charge in [0.2, 0.25) is 0 Å². The van der Waals surface area contributed by atoms with Crippen LogP contribution in [-0.4, -0.2) is 65.7 Å². The third kappa shape index (κ3) is 41.0. The lowest BCUT2D eigenvalue weighted by Crippen LogP contribution is -2.28. The van der Waals surface area contributed by atoms with Gasteiger partial charge in [-0.05, 0) is 38.5 Å². The second-order valence-corrected chi connectivity index (χ2v) is 17.2. The van der Waals surface area contributed by atoms with E-state index in [0.29, 0.717) is 12.8 Å². The van der Waals surface area contributed by atoms with Crippen molar-refractivity contribution >= 4 is 19.8 Å². The lowest BCUT2D eigenvalue weighted by molar-refractivity contribution is -0.153. The number of phosphoric ester groups is 1. The van der Waals surface area contributed by atoms with Crippen LogP contribution in [0.1, 0.15) is 219 Å². The number of esters is 2. The van der Waals surface area contributed by atoms with Crippen LogP contribution in [0, 0.1) is 0 Å². The fraction of sp³-hybridized carbons (Fsp3) is 0.870. The van der Waals surface area contributed by atoms with E-state index in [-0.39, 0.29) is 12.8 Å². The smallest absolute Gasteiger partial charge is 0.457 e. The largest absolute Gasteiger partial charge is 0.472 e. The van der Waals surface area contributed by atoms with Crippen LogP contribution in [0.5, 0.6) is 0 Å². The molecule has 0 aromatic rings. The Balaban J connectivity index is 3.84. The molecule has 0 spiro atoms. The maximum atomic E-state index is 12.4. The Bertz CT molecular complexity index is 1000. The molecule has 0 bridgehead atoms. The van der Waals surface area contributed by atoms with E-state index in [1.807, 2.05) is 0 Å². The van der Waals surface area contributed by atoms with Gasteiger partial charge < -0.3 is 24.6 Å².